The first-order valence-corrected chi connectivity index (χ1v) is 7.42. The lowest BCUT2D eigenvalue weighted by atomic mass is 10.0. The molecule has 0 saturated carbocycles. The highest BCUT2D eigenvalue weighted by Gasteiger charge is 2.11. The Kier molecular flexibility index (Phi) is 5.92. The third-order valence-corrected chi connectivity index (χ3v) is 3.28. The first-order valence-electron chi connectivity index (χ1n) is 7.42. The lowest BCUT2D eigenvalue weighted by Crippen LogP contribution is -2.31. The molecule has 1 amide bonds. The quantitative estimate of drug-likeness (QED) is 0.656. The molecule has 22 heavy (non-hydrogen) atoms. The number of nitrogens with one attached hydrogen (secondary N) is 1. The fourth-order valence-electron chi connectivity index (χ4n) is 2.10. The third-order valence-electron chi connectivity index (χ3n) is 3.28. The molecule has 0 aliphatic carbocycles. The van der Waals surface area contributed by atoms with E-state index in [0.29, 0.717) is 12.1 Å². The van der Waals surface area contributed by atoms with Gasteiger partial charge in [-0.25, -0.2) is 0 Å². The van der Waals surface area contributed by atoms with Gasteiger partial charge >= 0.3 is 0 Å². The van der Waals surface area contributed by atoms with Gasteiger partial charge in [0.2, 0.25) is 0 Å². The van der Waals surface area contributed by atoms with Gasteiger partial charge < -0.3 is 10.2 Å². The predicted molar refractivity (Wildman–Crippen MR) is 92.3 cm³/mol. The van der Waals surface area contributed by atoms with E-state index in [4.69, 9.17) is 0 Å². The number of amides is 1. The standard InChI is InChI=1S/C19H22N2O/c1-21(2)14-13-20-19(22)18(17-11-7-4-8-12-17)15-16-9-5-3-6-10-16/h3-12,15H,13-14H2,1-2H3,(H,20,22)/b18-15+. The van der Waals surface area contributed by atoms with Crippen molar-refractivity contribution in [1.29, 1.82) is 0 Å². The summed E-state index contributed by atoms with van der Waals surface area (Å²) in [5.74, 6) is -0.0445. The summed E-state index contributed by atoms with van der Waals surface area (Å²) < 4.78 is 0. The highest BCUT2D eigenvalue weighted by molar-refractivity contribution is 6.24. The van der Waals surface area contributed by atoms with Crippen LogP contribution in [-0.4, -0.2) is 38.0 Å². The molecule has 3 heteroatoms. The van der Waals surface area contributed by atoms with Gasteiger partial charge in [0.25, 0.3) is 5.91 Å². The molecule has 1 N–H and O–H groups in total. The summed E-state index contributed by atoms with van der Waals surface area (Å²) in [5, 5.41) is 2.98. The normalized spacial score (nSPS) is 11.5. The maximum absolute atomic E-state index is 12.5. The lowest BCUT2D eigenvalue weighted by Gasteiger charge is -2.12. The van der Waals surface area contributed by atoms with Crippen molar-refractivity contribution in [1.82, 2.24) is 10.2 Å². The highest BCUT2D eigenvalue weighted by Crippen LogP contribution is 2.18. The van der Waals surface area contributed by atoms with E-state index in [0.717, 1.165) is 17.7 Å². The smallest absolute Gasteiger partial charge is 0.251 e. The summed E-state index contributed by atoms with van der Waals surface area (Å²) in [7, 11) is 3.98. The molecule has 2 rings (SSSR count). The maximum Gasteiger partial charge on any atom is 0.251 e. The average Bonchev–Trinajstić information content (AvgIpc) is 2.54. The van der Waals surface area contributed by atoms with Gasteiger partial charge in [-0.15, -0.1) is 0 Å². The third kappa shape index (κ3) is 4.86. The number of carbonyl (C=O) groups excluding carboxylic acids is 1. The zero-order chi connectivity index (χ0) is 15.8. The summed E-state index contributed by atoms with van der Waals surface area (Å²) in [5.41, 5.74) is 2.63. The van der Waals surface area contributed by atoms with Crippen LogP contribution in [-0.2, 0) is 4.79 Å². The van der Waals surface area contributed by atoms with E-state index in [1.165, 1.54) is 0 Å². The van der Waals surface area contributed by atoms with Gasteiger partial charge in [0.1, 0.15) is 0 Å². The molecule has 0 heterocycles. The van der Waals surface area contributed by atoms with Crippen LogP contribution in [0.15, 0.2) is 60.7 Å². The molecule has 2 aromatic rings. The summed E-state index contributed by atoms with van der Waals surface area (Å²) >= 11 is 0. The van der Waals surface area contributed by atoms with Gasteiger partial charge in [-0.3, -0.25) is 4.79 Å². The SMILES string of the molecule is CN(C)CCNC(=O)/C(=C/c1ccccc1)c1ccccc1. The van der Waals surface area contributed by atoms with Gasteiger partial charge in [0.15, 0.2) is 0 Å². The van der Waals surface area contributed by atoms with Crippen LogP contribution in [0.5, 0.6) is 0 Å². The van der Waals surface area contributed by atoms with Crippen LogP contribution in [0.1, 0.15) is 11.1 Å². The Balaban J connectivity index is 2.23. The molecule has 2 aromatic carbocycles. The van der Waals surface area contributed by atoms with Gasteiger partial charge in [-0.05, 0) is 31.3 Å². The number of carbonyl (C=O) groups is 1. The number of likely N-dealkylation sites (N-methyl/N-ethyl adjacent to an activating group) is 1. The topological polar surface area (TPSA) is 32.3 Å². The second kappa shape index (κ2) is 8.15. The zero-order valence-corrected chi connectivity index (χ0v) is 13.1. The molecule has 3 nitrogen and oxygen atoms in total. The summed E-state index contributed by atoms with van der Waals surface area (Å²) in [6.45, 7) is 1.45. The van der Waals surface area contributed by atoms with Crippen LogP contribution in [0.25, 0.3) is 11.6 Å². The number of hydrogen-bond donors (Lipinski definition) is 1. The van der Waals surface area contributed by atoms with E-state index in [2.05, 4.69) is 5.32 Å². The maximum atomic E-state index is 12.5. The Labute approximate surface area is 132 Å². The molecule has 0 fully saturated rings. The predicted octanol–water partition coefficient (Wildman–Crippen LogP) is 2.91. The Bertz CT molecular complexity index is 618. The molecule has 0 radical (unpaired) electrons. The number of hydrogen-bond acceptors (Lipinski definition) is 2. The van der Waals surface area contributed by atoms with Crippen LogP contribution in [0, 0.1) is 0 Å². The van der Waals surface area contributed by atoms with Gasteiger partial charge in [0, 0.05) is 18.7 Å². The highest BCUT2D eigenvalue weighted by atomic mass is 16.1. The minimum Gasteiger partial charge on any atom is -0.351 e. The molecule has 0 aliphatic heterocycles. The second-order valence-electron chi connectivity index (χ2n) is 5.39. The van der Waals surface area contributed by atoms with Crippen LogP contribution >= 0.6 is 0 Å². The Morgan fingerprint density at radius 1 is 1.00 bits per heavy atom. The molecular formula is C19H22N2O. The molecule has 0 atom stereocenters. The van der Waals surface area contributed by atoms with E-state index >= 15 is 0 Å². The van der Waals surface area contributed by atoms with Gasteiger partial charge in [0.05, 0.1) is 0 Å². The molecular weight excluding hydrogens is 272 g/mol. The van der Waals surface area contributed by atoms with E-state index in [1.807, 2.05) is 85.7 Å². The monoisotopic (exact) mass is 294 g/mol. The largest absolute Gasteiger partial charge is 0.351 e. The molecule has 0 saturated heterocycles. The van der Waals surface area contributed by atoms with E-state index < -0.39 is 0 Å². The van der Waals surface area contributed by atoms with Gasteiger partial charge in [-0.2, -0.15) is 0 Å². The van der Waals surface area contributed by atoms with Crippen molar-refractivity contribution >= 4 is 17.6 Å². The Morgan fingerprint density at radius 3 is 2.18 bits per heavy atom. The summed E-state index contributed by atoms with van der Waals surface area (Å²) in [4.78, 5) is 14.6. The minimum absolute atomic E-state index is 0.0445. The fourth-order valence-corrected chi connectivity index (χ4v) is 2.10. The zero-order valence-electron chi connectivity index (χ0n) is 13.1. The second-order valence-corrected chi connectivity index (χ2v) is 5.39. The molecule has 0 bridgehead atoms. The van der Waals surface area contributed by atoms with Gasteiger partial charge in [-0.1, -0.05) is 60.7 Å². The number of nitrogens with zero attached hydrogens (tertiary/aromatic N) is 1. The summed E-state index contributed by atoms with van der Waals surface area (Å²) in [6, 6.07) is 19.7. The molecule has 0 aliphatic rings. The van der Waals surface area contributed by atoms with Crippen LogP contribution < -0.4 is 5.32 Å². The van der Waals surface area contributed by atoms with E-state index in [-0.39, 0.29) is 5.91 Å². The number of rotatable bonds is 6. The van der Waals surface area contributed by atoms with Crippen LogP contribution in [0.2, 0.25) is 0 Å². The fraction of sp³-hybridized carbons (Fsp3) is 0.211. The first kappa shape index (κ1) is 16.0. The van der Waals surface area contributed by atoms with Crippen LogP contribution in [0.4, 0.5) is 0 Å². The molecule has 0 aromatic heterocycles. The van der Waals surface area contributed by atoms with Crippen molar-refractivity contribution in [3.05, 3.63) is 71.8 Å². The molecule has 0 unspecified atom stereocenters. The Morgan fingerprint density at radius 2 is 1.59 bits per heavy atom. The summed E-state index contributed by atoms with van der Waals surface area (Å²) in [6.07, 6.45) is 1.93. The van der Waals surface area contributed by atoms with E-state index in [1.54, 1.807) is 0 Å². The van der Waals surface area contributed by atoms with Crippen molar-refractivity contribution < 1.29 is 4.79 Å². The van der Waals surface area contributed by atoms with Crippen LogP contribution in [0.3, 0.4) is 0 Å². The molecule has 0 spiro atoms. The Hall–Kier alpha value is -2.39. The van der Waals surface area contributed by atoms with Crippen molar-refractivity contribution in [3.63, 3.8) is 0 Å². The van der Waals surface area contributed by atoms with Crippen molar-refractivity contribution in [2.24, 2.45) is 0 Å². The van der Waals surface area contributed by atoms with E-state index in [9.17, 15) is 4.79 Å². The van der Waals surface area contributed by atoms with Crippen molar-refractivity contribution in [2.45, 2.75) is 0 Å². The number of benzene rings is 2. The minimum atomic E-state index is -0.0445. The molecule has 114 valence electrons. The van der Waals surface area contributed by atoms with Crippen molar-refractivity contribution in [3.8, 4) is 0 Å². The van der Waals surface area contributed by atoms with Crippen molar-refractivity contribution in [2.75, 3.05) is 27.2 Å². The first-order chi connectivity index (χ1) is 10.7. The lowest BCUT2D eigenvalue weighted by molar-refractivity contribution is -0.115. The average molecular weight is 294 g/mol.